The van der Waals surface area contributed by atoms with Gasteiger partial charge in [0.1, 0.15) is 11.6 Å². The highest BCUT2D eigenvalue weighted by atomic mass is 35.5. The number of halogens is 3. The number of nitrogens with one attached hydrogen (secondary N) is 1. The molecule has 0 aliphatic carbocycles. The molecule has 0 radical (unpaired) electrons. The maximum atomic E-state index is 12.5. The summed E-state index contributed by atoms with van der Waals surface area (Å²) in [6.07, 6.45) is 1.28. The van der Waals surface area contributed by atoms with E-state index in [9.17, 15) is 20.2 Å². The Balaban J connectivity index is 2.38. The Kier molecular flexibility index (Phi) is 7.89. The topological polar surface area (TPSA) is 114 Å². The second-order valence-corrected chi connectivity index (χ2v) is 6.85. The highest BCUT2D eigenvalue weighted by molar-refractivity contribution is 6.40. The Morgan fingerprint density at radius 3 is 2.37 bits per heavy atom. The van der Waals surface area contributed by atoms with Gasteiger partial charge >= 0.3 is 0 Å². The minimum Gasteiger partial charge on any atom is -0.493 e. The number of nitro groups is 1. The average Bonchev–Trinajstić information content (AvgIpc) is 2.70. The van der Waals surface area contributed by atoms with E-state index < -0.39 is 10.8 Å². The van der Waals surface area contributed by atoms with Crippen molar-refractivity contribution in [1.82, 2.24) is 0 Å². The average molecular weight is 471 g/mol. The first-order valence-corrected chi connectivity index (χ1v) is 9.42. The van der Waals surface area contributed by atoms with Crippen LogP contribution in [0.25, 0.3) is 6.08 Å². The van der Waals surface area contributed by atoms with Gasteiger partial charge in [-0.3, -0.25) is 14.9 Å². The summed E-state index contributed by atoms with van der Waals surface area (Å²) in [6.45, 7) is 2.16. The summed E-state index contributed by atoms with van der Waals surface area (Å²) < 4.78 is 10.7. The molecule has 1 N–H and O–H groups in total. The quantitative estimate of drug-likeness (QED) is 0.247. The van der Waals surface area contributed by atoms with Crippen LogP contribution < -0.4 is 14.8 Å². The van der Waals surface area contributed by atoms with Crippen LogP contribution in [0.2, 0.25) is 15.1 Å². The molecule has 0 unspecified atom stereocenters. The number of nitro benzene ring substituents is 1. The maximum Gasteiger partial charge on any atom is 0.272 e. The molecule has 0 fully saturated rings. The number of carbonyl (C=O) groups excluding carboxylic acids is 1. The SMILES string of the molecule is CCOc1c(Cl)cc(/C=C(\C#N)C(=O)Nc2c(Cl)cc([N+](=O)[O-])cc2Cl)cc1OC. The van der Waals surface area contributed by atoms with E-state index in [1.54, 1.807) is 19.1 Å². The van der Waals surface area contributed by atoms with Crippen LogP contribution in [0, 0.1) is 21.4 Å². The summed E-state index contributed by atoms with van der Waals surface area (Å²) >= 11 is 18.2. The van der Waals surface area contributed by atoms with Crippen LogP contribution in [0.4, 0.5) is 11.4 Å². The number of hydrogen-bond acceptors (Lipinski definition) is 6. The van der Waals surface area contributed by atoms with Crippen LogP contribution in [-0.2, 0) is 4.79 Å². The van der Waals surface area contributed by atoms with Crippen LogP contribution in [0.15, 0.2) is 29.8 Å². The van der Waals surface area contributed by atoms with E-state index in [0.29, 0.717) is 23.7 Å². The molecule has 11 heteroatoms. The number of non-ortho nitro benzene ring substituents is 1. The molecule has 0 spiro atoms. The Morgan fingerprint density at radius 1 is 1.23 bits per heavy atom. The fraction of sp³-hybridized carbons (Fsp3) is 0.158. The molecular weight excluding hydrogens is 457 g/mol. The number of nitrogens with zero attached hydrogens (tertiary/aromatic N) is 2. The molecule has 0 aliphatic heterocycles. The Hall–Kier alpha value is -2.99. The largest absolute Gasteiger partial charge is 0.493 e. The molecule has 0 aromatic heterocycles. The Bertz CT molecular complexity index is 1060. The fourth-order valence-corrected chi connectivity index (χ4v) is 3.23. The molecule has 30 heavy (non-hydrogen) atoms. The van der Waals surface area contributed by atoms with Gasteiger partial charge in [0.15, 0.2) is 11.5 Å². The first-order chi connectivity index (χ1) is 14.2. The van der Waals surface area contributed by atoms with Crippen molar-refractivity contribution in [2.24, 2.45) is 0 Å². The van der Waals surface area contributed by atoms with Gasteiger partial charge in [0.2, 0.25) is 0 Å². The molecule has 0 heterocycles. The number of ether oxygens (including phenoxy) is 2. The molecule has 0 saturated heterocycles. The predicted octanol–water partition coefficient (Wildman–Crippen LogP) is 5.51. The van der Waals surface area contributed by atoms with Crippen LogP contribution in [-0.4, -0.2) is 24.5 Å². The molecule has 156 valence electrons. The molecule has 2 aromatic carbocycles. The molecular formula is C19H14Cl3N3O5. The summed E-state index contributed by atoms with van der Waals surface area (Å²) in [5.74, 6) is -0.153. The summed E-state index contributed by atoms with van der Waals surface area (Å²) in [4.78, 5) is 22.7. The van der Waals surface area contributed by atoms with E-state index in [0.717, 1.165) is 12.1 Å². The number of rotatable bonds is 7. The highest BCUT2D eigenvalue weighted by Gasteiger charge is 2.19. The second kappa shape index (κ2) is 10.2. The number of carbonyl (C=O) groups is 1. The zero-order chi connectivity index (χ0) is 22.4. The normalized spacial score (nSPS) is 10.9. The van der Waals surface area contributed by atoms with E-state index in [2.05, 4.69) is 5.32 Å². The lowest BCUT2D eigenvalue weighted by molar-refractivity contribution is -0.384. The summed E-state index contributed by atoms with van der Waals surface area (Å²) in [6, 6.07) is 6.90. The molecule has 1 amide bonds. The zero-order valence-corrected chi connectivity index (χ0v) is 17.9. The zero-order valence-electron chi connectivity index (χ0n) is 15.7. The van der Waals surface area contributed by atoms with Gasteiger partial charge in [-0.15, -0.1) is 0 Å². The van der Waals surface area contributed by atoms with Crippen molar-refractivity contribution in [2.75, 3.05) is 19.0 Å². The molecule has 0 atom stereocenters. The predicted molar refractivity (Wildman–Crippen MR) is 115 cm³/mol. The van der Waals surface area contributed by atoms with Crippen LogP contribution in [0.1, 0.15) is 12.5 Å². The summed E-state index contributed by atoms with van der Waals surface area (Å²) in [5, 5.41) is 22.6. The van der Waals surface area contributed by atoms with Gasteiger partial charge < -0.3 is 14.8 Å². The third-order valence-electron chi connectivity index (χ3n) is 3.69. The molecule has 2 aromatic rings. The van der Waals surface area contributed by atoms with Gasteiger partial charge in [0, 0.05) is 12.1 Å². The van der Waals surface area contributed by atoms with E-state index in [1.807, 2.05) is 0 Å². The lowest BCUT2D eigenvalue weighted by atomic mass is 10.1. The first-order valence-electron chi connectivity index (χ1n) is 8.28. The van der Waals surface area contributed by atoms with E-state index in [-0.39, 0.29) is 32.0 Å². The second-order valence-electron chi connectivity index (χ2n) is 5.63. The number of methoxy groups -OCH3 is 1. The lowest BCUT2D eigenvalue weighted by Gasteiger charge is -2.12. The minimum absolute atomic E-state index is 0.0580. The van der Waals surface area contributed by atoms with E-state index in [4.69, 9.17) is 44.3 Å². The molecule has 2 rings (SSSR count). The monoisotopic (exact) mass is 469 g/mol. The lowest BCUT2D eigenvalue weighted by Crippen LogP contribution is -2.14. The first kappa shape index (κ1) is 23.3. The van der Waals surface area contributed by atoms with Crippen molar-refractivity contribution >= 4 is 58.2 Å². The van der Waals surface area contributed by atoms with Gasteiger partial charge in [-0.2, -0.15) is 5.26 Å². The van der Waals surface area contributed by atoms with Crippen molar-refractivity contribution in [2.45, 2.75) is 6.92 Å². The standard InChI is InChI=1S/C19H14Cl3N3O5/c1-3-30-18-15(22)5-10(6-16(18)29-2)4-11(9-23)19(26)24-17-13(20)7-12(25(27)28)8-14(17)21/h4-8H,3H2,1-2H3,(H,24,26)/b11-4+. The van der Waals surface area contributed by atoms with Crippen molar-refractivity contribution in [3.63, 3.8) is 0 Å². The smallest absolute Gasteiger partial charge is 0.272 e. The van der Waals surface area contributed by atoms with Gasteiger partial charge in [-0.25, -0.2) is 0 Å². The van der Waals surface area contributed by atoms with Crippen LogP contribution in [0.5, 0.6) is 11.5 Å². The molecule has 0 bridgehead atoms. The van der Waals surface area contributed by atoms with Crippen molar-refractivity contribution in [3.8, 4) is 17.6 Å². The molecule has 0 aliphatic rings. The number of hydrogen-bond donors (Lipinski definition) is 1. The number of nitriles is 1. The van der Waals surface area contributed by atoms with Crippen LogP contribution in [0.3, 0.4) is 0 Å². The van der Waals surface area contributed by atoms with Crippen molar-refractivity contribution < 1.29 is 19.2 Å². The van der Waals surface area contributed by atoms with Gasteiger partial charge in [0.25, 0.3) is 11.6 Å². The fourth-order valence-electron chi connectivity index (χ4n) is 2.39. The van der Waals surface area contributed by atoms with Gasteiger partial charge in [0.05, 0.1) is 39.4 Å². The van der Waals surface area contributed by atoms with E-state index >= 15 is 0 Å². The van der Waals surface area contributed by atoms with E-state index in [1.165, 1.54) is 19.3 Å². The van der Waals surface area contributed by atoms with Gasteiger partial charge in [-0.05, 0) is 30.7 Å². The molecule has 8 nitrogen and oxygen atoms in total. The third kappa shape index (κ3) is 5.33. The molecule has 0 saturated carbocycles. The minimum atomic E-state index is -0.820. The highest BCUT2D eigenvalue weighted by Crippen LogP contribution is 2.37. The summed E-state index contributed by atoms with van der Waals surface area (Å²) in [7, 11) is 1.43. The third-order valence-corrected chi connectivity index (χ3v) is 4.57. The Labute approximate surface area is 186 Å². The summed E-state index contributed by atoms with van der Waals surface area (Å²) in [5.41, 5.74) is -0.275. The number of benzene rings is 2. The van der Waals surface area contributed by atoms with Crippen molar-refractivity contribution in [1.29, 1.82) is 5.26 Å². The maximum absolute atomic E-state index is 12.5. The number of anilines is 1. The van der Waals surface area contributed by atoms with Crippen molar-refractivity contribution in [3.05, 3.63) is 60.6 Å². The Morgan fingerprint density at radius 2 is 1.87 bits per heavy atom. The van der Waals surface area contributed by atoms with Crippen LogP contribution >= 0.6 is 34.8 Å². The van der Waals surface area contributed by atoms with Gasteiger partial charge in [-0.1, -0.05) is 34.8 Å². The number of amides is 1.